The Balaban J connectivity index is 2.18. The van der Waals surface area contributed by atoms with E-state index in [1.165, 1.54) is 12.5 Å². The van der Waals surface area contributed by atoms with Crippen molar-refractivity contribution in [3.63, 3.8) is 0 Å². The molecule has 0 bridgehead atoms. The van der Waals surface area contributed by atoms with E-state index in [-0.39, 0.29) is 18.4 Å². The molecule has 0 radical (unpaired) electrons. The number of rotatable bonds is 4. The van der Waals surface area contributed by atoms with Crippen LogP contribution in [0.1, 0.15) is 38.7 Å². The summed E-state index contributed by atoms with van der Waals surface area (Å²) in [4.78, 5) is 10.6. The summed E-state index contributed by atoms with van der Waals surface area (Å²) in [5.41, 5.74) is 0.455. The standard InChI is InChI=1S/C15H21NO4/c1-10-5-11(2)7-13(6-10)20-15-4-3-12(9-17)8-14(15)16(18)19/h3-4,8,10-11,13,17H,5-7,9H2,1-2H3. The van der Waals surface area contributed by atoms with Crippen LogP contribution in [0.15, 0.2) is 18.2 Å². The van der Waals surface area contributed by atoms with Gasteiger partial charge in [0, 0.05) is 6.07 Å². The van der Waals surface area contributed by atoms with Crippen molar-refractivity contribution in [3.05, 3.63) is 33.9 Å². The van der Waals surface area contributed by atoms with E-state index < -0.39 is 4.92 Å². The van der Waals surface area contributed by atoms with Gasteiger partial charge in [-0.05, 0) is 42.7 Å². The quantitative estimate of drug-likeness (QED) is 0.678. The van der Waals surface area contributed by atoms with Gasteiger partial charge in [-0.25, -0.2) is 0 Å². The molecule has 0 aliphatic heterocycles. The molecule has 5 heteroatoms. The van der Waals surface area contributed by atoms with Crippen molar-refractivity contribution in [3.8, 4) is 5.75 Å². The van der Waals surface area contributed by atoms with Gasteiger partial charge in [-0.2, -0.15) is 0 Å². The maximum atomic E-state index is 11.1. The van der Waals surface area contributed by atoms with Crippen molar-refractivity contribution < 1.29 is 14.8 Å². The zero-order valence-corrected chi connectivity index (χ0v) is 11.9. The average Bonchev–Trinajstić information content (AvgIpc) is 2.37. The molecule has 1 aliphatic rings. The van der Waals surface area contributed by atoms with E-state index in [2.05, 4.69) is 13.8 Å². The molecule has 1 aromatic rings. The third-order valence-electron chi connectivity index (χ3n) is 3.83. The highest BCUT2D eigenvalue weighted by Crippen LogP contribution is 2.35. The van der Waals surface area contributed by atoms with Crippen molar-refractivity contribution in [2.24, 2.45) is 11.8 Å². The van der Waals surface area contributed by atoms with E-state index in [4.69, 9.17) is 9.84 Å². The van der Waals surface area contributed by atoms with Crippen molar-refractivity contribution in [1.29, 1.82) is 0 Å². The number of nitro benzene ring substituents is 1. The van der Waals surface area contributed by atoms with Gasteiger partial charge in [0.25, 0.3) is 0 Å². The number of aliphatic hydroxyl groups excluding tert-OH is 1. The second-order valence-corrected chi connectivity index (χ2v) is 5.87. The Labute approximate surface area is 118 Å². The Hall–Kier alpha value is -1.62. The molecule has 2 unspecified atom stereocenters. The number of nitro groups is 1. The zero-order valence-electron chi connectivity index (χ0n) is 11.9. The van der Waals surface area contributed by atoms with Crippen molar-refractivity contribution in [2.45, 2.75) is 45.8 Å². The number of hydrogen-bond donors (Lipinski definition) is 1. The molecule has 0 amide bonds. The molecule has 110 valence electrons. The van der Waals surface area contributed by atoms with Gasteiger partial charge >= 0.3 is 5.69 Å². The molecule has 2 rings (SSSR count). The normalized spacial score (nSPS) is 26.2. The number of aliphatic hydroxyl groups is 1. The fraction of sp³-hybridized carbons (Fsp3) is 0.600. The maximum absolute atomic E-state index is 11.1. The van der Waals surface area contributed by atoms with Crippen LogP contribution < -0.4 is 4.74 Å². The van der Waals surface area contributed by atoms with Crippen LogP contribution >= 0.6 is 0 Å². The van der Waals surface area contributed by atoms with E-state index in [1.807, 2.05) is 0 Å². The Morgan fingerprint density at radius 2 is 1.95 bits per heavy atom. The molecule has 1 N–H and O–H groups in total. The predicted octanol–water partition coefficient (Wildman–Crippen LogP) is 3.29. The topological polar surface area (TPSA) is 72.6 Å². The smallest absolute Gasteiger partial charge is 0.311 e. The molecule has 5 nitrogen and oxygen atoms in total. The van der Waals surface area contributed by atoms with Crippen LogP contribution in [-0.2, 0) is 6.61 Å². The van der Waals surface area contributed by atoms with Gasteiger partial charge in [-0.15, -0.1) is 0 Å². The monoisotopic (exact) mass is 279 g/mol. The largest absolute Gasteiger partial charge is 0.483 e. The lowest BCUT2D eigenvalue weighted by Gasteiger charge is -2.31. The van der Waals surface area contributed by atoms with Crippen molar-refractivity contribution in [2.75, 3.05) is 0 Å². The SMILES string of the molecule is CC1CC(C)CC(Oc2ccc(CO)cc2[N+](=O)[O-])C1. The van der Waals surface area contributed by atoms with Gasteiger partial charge in [0.05, 0.1) is 17.6 Å². The van der Waals surface area contributed by atoms with Crippen LogP contribution in [-0.4, -0.2) is 16.1 Å². The molecule has 0 spiro atoms. The van der Waals surface area contributed by atoms with Crippen LogP contribution in [0.5, 0.6) is 5.75 Å². The van der Waals surface area contributed by atoms with Crippen LogP contribution in [0.4, 0.5) is 5.69 Å². The first-order chi connectivity index (χ1) is 9.49. The van der Waals surface area contributed by atoms with Gasteiger partial charge in [-0.1, -0.05) is 19.9 Å². The van der Waals surface area contributed by atoms with E-state index in [1.54, 1.807) is 12.1 Å². The minimum atomic E-state index is -0.454. The van der Waals surface area contributed by atoms with Gasteiger partial charge in [0.2, 0.25) is 0 Å². The zero-order chi connectivity index (χ0) is 14.7. The first-order valence-corrected chi connectivity index (χ1v) is 7.04. The second-order valence-electron chi connectivity index (χ2n) is 5.87. The molecule has 1 aliphatic carbocycles. The Morgan fingerprint density at radius 1 is 1.30 bits per heavy atom. The molecule has 1 saturated carbocycles. The highest BCUT2D eigenvalue weighted by atomic mass is 16.6. The highest BCUT2D eigenvalue weighted by molar-refractivity contribution is 5.48. The Kier molecular flexibility index (Phi) is 4.60. The Morgan fingerprint density at radius 3 is 2.50 bits per heavy atom. The first kappa shape index (κ1) is 14.8. The number of hydrogen-bond acceptors (Lipinski definition) is 4. The lowest BCUT2D eigenvalue weighted by molar-refractivity contribution is -0.386. The van der Waals surface area contributed by atoms with Gasteiger partial charge in [-0.3, -0.25) is 10.1 Å². The fourth-order valence-electron chi connectivity index (χ4n) is 3.05. The second kappa shape index (κ2) is 6.22. The molecule has 0 heterocycles. The van der Waals surface area contributed by atoms with Crippen LogP contribution in [0, 0.1) is 22.0 Å². The van der Waals surface area contributed by atoms with Crippen molar-refractivity contribution >= 4 is 5.69 Å². The van der Waals surface area contributed by atoms with E-state index in [9.17, 15) is 10.1 Å². The predicted molar refractivity (Wildman–Crippen MR) is 75.6 cm³/mol. The van der Waals surface area contributed by atoms with Gasteiger partial charge in [0.1, 0.15) is 0 Å². The molecule has 1 fully saturated rings. The third-order valence-corrected chi connectivity index (χ3v) is 3.83. The Bertz CT molecular complexity index is 479. The fourth-order valence-corrected chi connectivity index (χ4v) is 3.05. The summed E-state index contributed by atoms with van der Waals surface area (Å²) < 4.78 is 5.86. The summed E-state index contributed by atoms with van der Waals surface area (Å²) in [6.45, 7) is 4.17. The summed E-state index contributed by atoms with van der Waals surface area (Å²) in [6, 6.07) is 4.64. The van der Waals surface area contributed by atoms with Gasteiger partial charge < -0.3 is 9.84 Å². The number of benzene rings is 1. The summed E-state index contributed by atoms with van der Waals surface area (Å²) in [7, 11) is 0. The van der Waals surface area contributed by atoms with E-state index in [0.29, 0.717) is 23.1 Å². The molecule has 2 atom stereocenters. The lowest BCUT2D eigenvalue weighted by atomic mass is 9.82. The molecule has 0 aromatic heterocycles. The van der Waals surface area contributed by atoms with Crippen LogP contribution in [0.2, 0.25) is 0 Å². The van der Waals surface area contributed by atoms with E-state index in [0.717, 1.165) is 12.8 Å². The van der Waals surface area contributed by atoms with Crippen LogP contribution in [0.25, 0.3) is 0 Å². The maximum Gasteiger partial charge on any atom is 0.311 e. The number of ether oxygens (including phenoxy) is 1. The highest BCUT2D eigenvalue weighted by Gasteiger charge is 2.27. The third kappa shape index (κ3) is 3.48. The van der Waals surface area contributed by atoms with Gasteiger partial charge in [0.15, 0.2) is 5.75 Å². The van der Waals surface area contributed by atoms with Crippen LogP contribution in [0.3, 0.4) is 0 Å². The summed E-state index contributed by atoms with van der Waals surface area (Å²) in [5, 5.41) is 20.2. The summed E-state index contributed by atoms with van der Waals surface area (Å²) in [6.07, 6.45) is 3.09. The first-order valence-electron chi connectivity index (χ1n) is 7.04. The summed E-state index contributed by atoms with van der Waals surface area (Å²) in [5.74, 6) is 1.47. The lowest BCUT2D eigenvalue weighted by Crippen LogP contribution is -2.28. The van der Waals surface area contributed by atoms with E-state index >= 15 is 0 Å². The van der Waals surface area contributed by atoms with Crippen molar-refractivity contribution in [1.82, 2.24) is 0 Å². The molecule has 0 saturated heterocycles. The summed E-state index contributed by atoms with van der Waals surface area (Å²) >= 11 is 0. The molecular formula is C15H21NO4. The minimum Gasteiger partial charge on any atom is -0.483 e. The average molecular weight is 279 g/mol. The number of nitrogens with zero attached hydrogens (tertiary/aromatic N) is 1. The molecule has 1 aromatic carbocycles. The minimum absolute atomic E-state index is 0.0347. The molecule has 20 heavy (non-hydrogen) atoms. The molecular weight excluding hydrogens is 258 g/mol.